The number of carbonyl (C=O) groups excluding carboxylic acids is 1. The molecule has 0 aliphatic carbocycles. The fourth-order valence-electron chi connectivity index (χ4n) is 1.99. The lowest BCUT2D eigenvalue weighted by molar-refractivity contribution is -0.115. The lowest BCUT2D eigenvalue weighted by atomic mass is 10.2. The van der Waals surface area contributed by atoms with Crippen molar-refractivity contribution in [1.29, 1.82) is 5.26 Å². The van der Waals surface area contributed by atoms with E-state index in [0.29, 0.717) is 11.3 Å². The number of sulfonamides is 1. The molecule has 124 valence electrons. The molecule has 0 aliphatic rings. The average molecular weight is 347 g/mol. The minimum absolute atomic E-state index is 0.0141. The third-order valence-electron chi connectivity index (χ3n) is 3.18. The molecule has 0 aliphatic heterocycles. The molecule has 8 heteroatoms. The summed E-state index contributed by atoms with van der Waals surface area (Å²) in [7, 11) is -4.00. The van der Waals surface area contributed by atoms with E-state index in [2.05, 4.69) is 10.0 Å². The van der Waals surface area contributed by atoms with Crippen molar-refractivity contribution in [3.8, 4) is 6.07 Å². The maximum atomic E-state index is 13.0. The number of aryl methyl sites for hydroxylation is 1. The van der Waals surface area contributed by atoms with Crippen molar-refractivity contribution in [3.05, 3.63) is 59.4 Å². The van der Waals surface area contributed by atoms with Crippen LogP contribution in [-0.4, -0.2) is 20.9 Å². The third-order valence-corrected chi connectivity index (χ3v) is 4.64. The van der Waals surface area contributed by atoms with Gasteiger partial charge in [-0.2, -0.15) is 5.26 Å². The molecule has 0 spiro atoms. The van der Waals surface area contributed by atoms with E-state index >= 15 is 0 Å². The summed E-state index contributed by atoms with van der Waals surface area (Å²) >= 11 is 0. The Bertz CT molecular complexity index is 920. The van der Waals surface area contributed by atoms with E-state index in [1.165, 1.54) is 36.4 Å². The first kappa shape index (κ1) is 17.6. The van der Waals surface area contributed by atoms with Crippen molar-refractivity contribution >= 4 is 21.6 Å². The summed E-state index contributed by atoms with van der Waals surface area (Å²) < 4.78 is 39.5. The van der Waals surface area contributed by atoms with Gasteiger partial charge < -0.3 is 5.32 Å². The molecular formula is C16H14FN3O3S. The van der Waals surface area contributed by atoms with Crippen LogP contribution in [0.2, 0.25) is 0 Å². The van der Waals surface area contributed by atoms with Crippen LogP contribution < -0.4 is 10.0 Å². The Balaban J connectivity index is 2.07. The molecule has 6 nitrogen and oxygen atoms in total. The molecule has 0 unspecified atom stereocenters. The van der Waals surface area contributed by atoms with E-state index in [1.807, 2.05) is 0 Å². The summed E-state index contributed by atoms with van der Waals surface area (Å²) in [5, 5.41) is 11.4. The van der Waals surface area contributed by atoms with E-state index in [1.54, 1.807) is 19.1 Å². The topological polar surface area (TPSA) is 99.1 Å². The standard InChI is InChI=1S/C16H14FN3O3S/c1-11-8-13(17)6-7-14(11)20-16(21)10-19-24(22,23)15-5-3-2-4-12(15)9-18/h2-8,19H,10H2,1H3,(H,20,21). The van der Waals surface area contributed by atoms with Crippen molar-refractivity contribution in [3.63, 3.8) is 0 Å². The van der Waals surface area contributed by atoms with E-state index in [4.69, 9.17) is 5.26 Å². The van der Waals surface area contributed by atoms with Gasteiger partial charge in [0.05, 0.1) is 17.0 Å². The van der Waals surface area contributed by atoms with Crippen LogP contribution in [0, 0.1) is 24.1 Å². The van der Waals surface area contributed by atoms with Gasteiger partial charge in [-0.05, 0) is 42.8 Å². The van der Waals surface area contributed by atoms with Crippen LogP contribution in [0.1, 0.15) is 11.1 Å². The lowest BCUT2D eigenvalue weighted by Crippen LogP contribution is -2.33. The Morgan fingerprint density at radius 3 is 2.62 bits per heavy atom. The molecule has 0 saturated carbocycles. The highest BCUT2D eigenvalue weighted by atomic mass is 32.2. The number of halogens is 1. The number of anilines is 1. The van der Waals surface area contributed by atoms with Crippen molar-refractivity contribution in [1.82, 2.24) is 4.72 Å². The van der Waals surface area contributed by atoms with E-state index < -0.39 is 28.3 Å². The summed E-state index contributed by atoms with van der Waals surface area (Å²) in [6, 6.07) is 11.3. The summed E-state index contributed by atoms with van der Waals surface area (Å²) in [5.41, 5.74) is 0.888. The average Bonchev–Trinajstić information content (AvgIpc) is 2.55. The predicted octanol–water partition coefficient (Wildman–Crippen LogP) is 1.92. The van der Waals surface area contributed by atoms with Gasteiger partial charge in [0.2, 0.25) is 15.9 Å². The molecule has 2 aromatic carbocycles. The number of hydrogen-bond acceptors (Lipinski definition) is 4. The smallest absolute Gasteiger partial charge is 0.242 e. The van der Waals surface area contributed by atoms with Crippen LogP contribution in [0.15, 0.2) is 47.4 Å². The number of nitriles is 1. The normalized spacial score (nSPS) is 10.9. The number of nitrogens with one attached hydrogen (secondary N) is 2. The first-order valence-corrected chi connectivity index (χ1v) is 8.36. The highest BCUT2D eigenvalue weighted by Crippen LogP contribution is 2.16. The SMILES string of the molecule is Cc1cc(F)ccc1NC(=O)CNS(=O)(=O)c1ccccc1C#N. The number of hydrogen-bond donors (Lipinski definition) is 2. The van der Waals surface area contributed by atoms with Crippen molar-refractivity contribution in [2.45, 2.75) is 11.8 Å². The first-order valence-electron chi connectivity index (χ1n) is 6.88. The van der Waals surface area contributed by atoms with Crippen LogP contribution >= 0.6 is 0 Å². The van der Waals surface area contributed by atoms with Gasteiger partial charge in [-0.25, -0.2) is 17.5 Å². The van der Waals surface area contributed by atoms with Crippen LogP contribution in [0.25, 0.3) is 0 Å². The zero-order chi connectivity index (χ0) is 17.7. The van der Waals surface area contributed by atoms with Crippen molar-refractivity contribution in [2.75, 3.05) is 11.9 Å². The third kappa shape index (κ3) is 4.16. The van der Waals surface area contributed by atoms with E-state index in [-0.39, 0.29) is 10.5 Å². The molecule has 0 fully saturated rings. The molecule has 0 atom stereocenters. The van der Waals surface area contributed by atoms with Crippen LogP contribution in [0.5, 0.6) is 0 Å². The number of benzene rings is 2. The Labute approximate surface area is 139 Å². The highest BCUT2D eigenvalue weighted by Gasteiger charge is 2.19. The van der Waals surface area contributed by atoms with Gasteiger partial charge in [-0.15, -0.1) is 0 Å². The molecule has 1 amide bonds. The summed E-state index contributed by atoms with van der Waals surface area (Å²) in [5.74, 6) is -1.04. The molecule has 0 heterocycles. The second-order valence-electron chi connectivity index (χ2n) is 4.94. The summed E-state index contributed by atoms with van der Waals surface area (Å²) in [6.07, 6.45) is 0. The van der Waals surface area contributed by atoms with Gasteiger partial charge in [0, 0.05) is 5.69 Å². The molecule has 2 N–H and O–H groups in total. The number of nitrogens with zero attached hydrogens (tertiary/aromatic N) is 1. The zero-order valence-corrected chi connectivity index (χ0v) is 13.5. The number of amides is 1. The Kier molecular flexibility index (Phi) is 5.28. The fraction of sp³-hybridized carbons (Fsp3) is 0.125. The molecule has 24 heavy (non-hydrogen) atoms. The monoisotopic (exact) mass is 347 g/mol. The van der Waals surface area contributed by atoms with Gasteiger partial charge in [0.15, 0.2) is 0 Å². The van der Waals surface area contributed by atoms with Crippen molar-refractivity contribution in [2.24, 2.45) is 0 Å². The largest absolute Gasteiger partial charge is 0.325 e. The molecule has 0 saturated heterocycles. The van der Waals surface area contributed by atoms with Gasteiger partial charge in [-0.3, -0.25) is 4.79 Å². The van der Waals surface area contributed by atoms with Gasteiger partial charge in [-0.1, -0.05) is 12.1 Å². The first-order chi connectivity index (χ1) is 11.3. The number of carbonyl (C=O) groups is 1. The fourth-order valence-corrected chi connectivity index (χ4v) is 3.13. The molecule has 2 rings (SSSR count). The van der Waals surface area contributed by atoms with E-state index in [9.17, 15) is 17.6 Å². The second kappa shape index (κ2) is 7.21. The highest BCUT2D eigenvalue weighted by molar-refractivity contribution is 7.89. The Morgan fingerprint density at radius 2 is 1.96 bits per heavy atom. The minimum Gasteiger partial charge on any atom is -0.325 e. The Morgan fingerprint density at radius 1 is 1.25 bits per heavy atom. The van der Waals surface area contributed by atoms with Crippen LogP contribution in [-0.2, 0) is 14.8 Å². The van der Waals surface area contributed by atoms with E-state index in [0.717, 1.165) is 0 Å². The predicted molar refractivity (Wildman–Crippen MR) is 86.1 cm³/mol. The maximum absolute atomic E-state index is 13.0. The van der Waals surface area contributed by atoms with Gasteiger partial charge in [0.25, 0.3) is 0 Å². The molecular weight excluding hydrogens is 333 g/mol. The molecule has 0 radical (unpaired) electrons. The maximum Gasteiger partial charge on any atom is 0.242 e. The van der Waals surface area contributed by atoms with Gasteiger partial charge >= 0.3 is 0 Å². The molecule has 0 bridgehead atoms. The van der Waals surface area contributed by atoms with Gasteiger partial charge in [0.1, 0.15) is 11.9 Å². The Hall–Kier alpha value is -2.76. The van der Waals surface area contributed by atoms with Crippen LogP contribution in [0.3, 0.4) is 0 Å². The molecule has 2 aromatic rings. The summed E-state index contributed by atoms with van der Waals surface area (Å²) in [6.45, 7) is 1.10. The quantitative estimate of drug-likeness (QED) is 0.863. The van der Waals surface area contributed by atoms with Crippen LogP contribution in [0.4, 0.5) is 10.1 Å². The summed E-state index contributed by atoms with van der Waals surface area (Å²) in [4.78, 5) is 11.7. The minimum atomic E-state index is -4.00. The molecule has 0 aromatic heterocycles. The number of rotatable bonds is 5. The lowest BCUT2D eigenvalue weighted by Gasteiger charge is -2.10. The van der Waals surface area contributed by atoms with Crippen molar-refractivity contribution < 1.29 is 17.6 Å². The second-order valence-corrected chi connectivity index (χ2v) is 6.68. The zero-order valence-electron chi connectivity index (χ0n) is 12.7.